The van der Waals surface area contributed by atoms with Gasteiger partial charge in [-0.15, -0.1) is 0 Å². The smallest absolute Gasteiger partial charge is 0.250 e. The summed E-state index contributed by atoms with van der Waals surface area (Å²) >= 11 is 0. The lowest BCUT2D eigenvalue weighted by Gasteiger charge is -2.05. The third-order valence-corrected chi connectivity index (χ3v) is 3.46. The second-order valence-corrected chi connectivity index (χ2v) is 4.96. The van der Waals surface area contributed by atoms with Crippen LogP contribution in [0.25, 0.3) is 11.4 Å². The van der Waals surface area contributed by atoms with E-state index in [1.165, 1.54) is 10.6 Å². The van der Waals surface area contributed by atoms with Crippen molar-refractivity contribution in [3.8, 4) is 11.4 Å². The Balaban J connectivity index is 1.93. The standard InChI is InChI=1S/C16H15N3O2/c1-11(12-6-4-3-5-7-12)16-17-15(18-21-16)13-8-9-14(20)19(2)10-13/h3-11H,1-2H3. The molecule has 2 heterocycles. The maximum atomic E-state index is 11.4. The van der Waals surface area contributed by atoms with Crippen LogP contribution in [0.2, 0.25) is 0 Å². The number of hydrogen-bond acceptors (Lipinski definition) is 4. The average Bonchev–Trinajstić information content (AvgIpc) is 3.00. The first kappa shape index (κ1) is 13.3. The molecule has 0 saturated heterocycles. The van der Waals surface area contributed by atoms with E-state index >= 15 is 0 Å². The van der Waals surface area contributed by atoms with Crippen LogP contribution in [0, 0.1) is 0 Å². The minimum absolute atomic E-state index is 0.0278. The van der Waals surface area contributed by atoms with E-state index in [1.807, 2.05) is 37.3 Å². The minimum atomic E-state index is -0.0693. The first-order valence-corrected chi connectivity index (χ1v) is 6.71. The lowest BCUT2D eigenvalue weighted by atomic mass is 10.0. The highest BCUT2D eigenvalue weighted by molar-refractivity contribution is 5.52. The average molecular weight is 281 g/mol. The molecule has 3 aromatic rings. The van der Waals surface area contributed by atoms with Crippen LogP contribution in [-0.4, -0.2) is 14.7 Å². The van der Waals surface area contributed by atoms with Gasteiger partial charge in [-0.25, -0.2) is 0 Å². The van der Waals surface area contributed by atoms with E-state index in [0.29, 0.717) is 11.7 Å². The number of aromatic nitrogens is 3. The highest BCUT2D eigenvalue weighted by Gasteiger charge is 2.17. The Labute approximate surface area is 121 Å². The molecule has 106 valence electrons. The topological polar surface area (TPSA) is 60.9 Å². The second kappa shape index (κ2) is 5.36. The lowest BCUT2D eigenvalue weighted by Crippen LogP contribution is -2.14. The number of benzene rings is 1. The molecule has 0 bridgehead atoms. The summed E-state index contributed by atoms with van der Waals surface area (Å²) in [5.41, 5.74) is 1.81. The minimum Gasteiger partial charge on any atom is -0.338 e. The van der Waals surface area contributed by atoms with Crippen LogP contribution < -0.4 is 5.56 Å². The van der Waals surface area contributed by atoms with E-state index in [0.717, 1.165) is 11.1 Å². The Morgan fingerprint density at radius 2 is 1.90 bits per heavy atom. The van der Waals surface area contributed by atoms with Crippen molar-refractivity contribution < 1.29 is 4.52 Å². The van der Waals surface area contributed by atoms with Gasteiger partial charge in [0.1, 0.15) is 0 Å². The molecule has 1 aromatic carbocycles. The number of aryl methyl sites for hydroxylation is 1. The van der Waals surface area contributed by atoms with Crippen molar-refractivity contribution >= 4 is 0 Å². The third kappa shape index (κ3) is 2.63. The summed E-state index contributed by atoms with van der Waals surface area (Å²) in [5.74, 6) is 1.08. The number of pyridine rings is 1. The van der Waals surface area contributed by atoms with Gasteiger partial charge < -0.3 is 9.09 Å². The molecular weight excluding hydrogens is 266 g/mol. The fraction of sp³-hybridized carbons (Fsp3) is 0.188. The van der Waals surface area contributed by atoms with Crippen LogP contribution in [0.5, 0.6) is 0 Å². The maximum Gasteiger partial charge on any atom is 0.250 e. The summed E-state index contributed by atoms with van der Waals surface area (Å²) in [6.07, 6.45) is 1.70. The molecule has 3 rings (SSSR count). The lowest BCUT2D eigenvalue weighted by molar-refractivity contribution is 0.371. The molecule has 0 radical (unpaired) electrons. The molecule has 0 aliphatic heterocycles. The molecule has 0 N–H and O–H groups in total. The summed E-state index contributed by atoms with van der Waals surface area (Å²) in [7, 11) is 1.69. The van der Waals surface area contributed by atoms with E-state index in [4.69, 9.17) is 4.52 Å². The number of nitrogens with zero attached hydrogens (tertiary/aromatic N) is 3. The molecular formula is C16H15N3O2. The van der Waals surface area contributed by atoms with Crippen molar-refractivity contribution in [2.75, 3.05) is 0 Å². The van der Waals surface area contributed by atoms with Gasteiger partial charge in [-0.2, -0.15) is 4.98 Å². The predicted octanol–water partition coefficient (Wildman–Crippen LogP) is 2.59. The molecule has 5 heteroatoms. The molecule has 0 aliphatic carbocycles. The van der Waals surface area contributed by atoms with Crippen LogP contribution >= 0.6 is 0 Å². The van der Waals surface area contributed by atoms with E-state index in [1.54, 1.807) is 19.3 Å². The Morgan fingerprint density at radius 1 is 1.14 bits per heavy atom. The van der Waals surface area contributed by atoms with Gasteiger partial charge in [0.25, 0.3) is 0 Å². The van der Waals surface area contributed by atoms with Gasteiger partial charge in [0.2, 0.25) is 17.3 Å². The van der Waals surface area contributed by atoms with E-state index < -0.39 is 0 Å². The van der Waals surface area contributed by atoms with E-state index in [-0.39, 0.29) is 11.5 Å². The van der Waals surface area contributed by atoms with Gasteiger partial charge in [0.15, 0.2) is 0 Å². The van der Waals surface area contributed by atoms with Crippen molar-refractivity contribution in [1.82, 2.24) is 14.7 Å². The fourth-order valence-electron chi connectivity index (χ4n) is 2.14. The van der Waals surface area contributed by atoms with Crippen LogP contribution in [0.3, 0.4) is 0 Å². The monoisotopic (exact) mass is 281 g/mol. The Kier molecular flexibility index (Phi) is 3.39. The summed E-state index contributed by atoms with van der Waals surface area (Å²) in [4.78, 5) is 15.8. The molecule has 0 aliphatic rings. The van der Waals surface area contributed by atoms with Crippen molar-refractivity contribution in [2.24, 2.45) is 7.05 Å². The van der Waals surface area contributed by atoms with E-state index in [2.05, 4.69) is 10.1 Å². The SMILES string of the molecule is CC(c1ccccc1)c1nc(-c2ccc(=O)n(C)c2)no1. The first-order chi connectivity index (χ1) is 10.1. The molecule has 2 aromatic heterocycles. The summed E-state index contributed by atoms with van der Waals surface area (Å²) in [6.45, 7) is 2.02. The fourth-order valence-corrected chi connectivity index (χ4v) is 2.14. The summed E-state index contributed by atoms with van der Waals surface area (Å²) < 4.78 is 6.85. The molecule has 5 nitrogen and oxygen atoms in total. The zero-order valence-electron chi connectivity index (χ0n) is 11.9. The Bertz CT molecular complexity index is 806. The van der Waals surface area contributed by atoms with Gasteiger partial charge in [-0.3, -0.25) is 4.79 Å². The van der Waals surface area contributed by atoms with Crippen LogP contribution in [-0.2, 0) is 7.05 Å². The first-order valence-electron chi connectivity index (χ1n) is 6.71. The van der Waals surface area contributed by atoms with Gasteiger partial charge >= 0.3 is 0 Å². The Hall–Kier alpha value is -2.69. The highest BCUT2D eigenvalue weighted by Crippen LogP contribution is 2.24. The van der Waals surface area contributed by atoms with Crippen molar-refractivity contribution in [2.45, 2.75) is 12.8 Å². The van der Waals surface area contributed by atoms with Gasteiger partial charge in [-0.05, 0) is 18.6 Å². The van der Waals surface area contributed by atoms with Crippen molar-refractivity contribution in [1.29, 1.82) is 0 Å². The second-order valence-electron chi connectivity index (χ2n) is 4.96. The molecule has 0 amide bonds. The van der Waals surface area contributed by atoms with Gasteiger partial charge in [0.05, 0.1) is 5.92 Å². The van der Waals surface area contributed by atoms with Crippen LogP contribution in [0.4, 0.5) is 0 Å². The zero-order valence-corrected chi connectivity index (χ0v) is 11.9. The quantitative estimate of drug-likeness (QED) is 0.740. The molecule has 1 atom stereocenters. The Morgan fingerprint density at radius 3 is 2.62 bits per heavy atom. The number of rotatable bonds is 3. The van der Waals surface area contributed by atoms with E-state index in [9.17, 15) is 4.79 Å². The third-order valence-electron chi connectivity index (χ3n) is 3.46. The summed E-state index contributed by atoms with van der Waals surface area (Å²) in [6, 6.07) is 13.2. The maximum absolute atomic E-state index is 11.4. The molecule has 0 saturated carbocycles. The molecule has 0 fully saturated rings. The predicted molar refractivity (Wildman–Crippen MR) is 78.9 cm³/mol. The summed E-state index contributed by atoms with van der Waals surface area (Å²) in [5, 5.41) is 4.00. The van der Waals surface area contributed by atoms with Crippen molar-refractivity contribution in [3.63, 3.8) is 0 Å². The van der Waals surface area contributed by atoms with Crippen LogP contribution in [0.15, 0.2) is 58.0 Å². The number of hydrogen-bond donors (Lipinski definition) is 0. The van der Waals surface area contributed by atoms with Crippen LogP contribution in [0.1, 0.15) is 24.3 Å². The highest BCUT2D eigenvalue weighted by atomic mass is 16.5. The van der Waals surface area contributed by atoms with Crippen molar-refractivity contribution in [3.05, 3.63) is 70.5 Å². The zero-order chi connectivity index (χ0) is 14.8. The largest absolute Gasteiger partial charge is 0.338 e. The normalized spacial score (nSPS) is 12.3. The molecule has 21 heavy (non-hydrogen) atoms. The molecule has 0 spiro atoms. The van der Waals surface area contributed by atoms with Gasteiger partial charge in [0, 0.05) is 24.9 Å². The molecule has 1 unspecified atom stereocenters. The van der Waals surface area contributed by atoms with Gasteiger partial charge in [-0.1, -0.05) is 35.5 Å².